The van der Waals surface area contributed by atoms with Crippen LogP contribution in [0.4, 0.5) is 5.69 Å². The molecule has 0 unspecified atom stereocenters. The number of benzene rings is 3. The van der Waals surface area contributed by atoms with Gasteiger partial charge in [0.25, 0.3) is 0 Å². The normalized spacial score (nSPS) is 10.5. The van der Waals surface area contributed by atoms with Gasteiger partial charge in [0.15, 0.2) is 0 Å². The molecule has 0 radical (unpaired) electrons. The highest BCUT2D eigenvalue weighted by atomic mass is 16.6. The Bertz CT molecular complexity index is 1330. The van der Waals surface area contributed by atoms with Gasteiger partial charge in [0, 0.05) is 11.6 Å². The van der Waals surface area contributed by atoms with Crippen LogP contribution in [0.25, 0.3) is 11.1 Å². The standard InChI is InChI=1S/C32H35NO8/c1-4-5-6-19-38-27-14-9-24(10-15-27)26-13-18-30(29(22-26)33(36)37)41-32(35)25-11-16-28(17-12-25)39-20-7-8-21-40-31(34)23(2)3/h9-18,22H,2,4-8,19-21H2,1,3H3. The minimum absolute atomic E-state index is 0.146. The number of nitrogens with zero attached hydrogens (tertiary/aromatic N) is 1. The van der Waals surface area contributed by atoms with Crippen LogP contribution in [0, 0.1) is 10.1 Å². The summed E-state index contributed by atoms with van der Waals surface area (Å²) in [5, 5.41) is 11.8. The maximum atomic E-state index is 12.7. The molecule has 9 heteroatoms. The second-order valence-corrected chi connectivity index (χ2v) is 9.41. The number of carbonyl (C=O) groups excluding carboxylic acids is 2. The number of hydrogen-bond acceptors (Lipinski definition) is 8. The zero-order valence-corrected chi connectivity index (χ0v) is 23.4. The van der Waals surface area contributed by atoms with Gasteiger partial charge in [0.05, 0.1) is 30.3 Å². The summed E-state index contributed by atoms with van der Waals surface area (Å²) in [7, 11) is 0. The van der Waals surface area contributed by atoms with Crippen LogP contribution >= 0.6 is 0 Å². The molecule has 3 aromatic rings. The number of unbranched alkanes of at least 4 members (excludes halogenated alkanes) is 3. The van der Waals surface area contributed by atoms with Gasteiger partial charge in [-0.05, 0) is 79.8 Å². The van der Waals surface area contributed by atoms with Gasteiger partial charge < -0.3 is 18.9 Å². The van der Waals surface area contributed by atoms with E-state index in [1.807, 2.05) is 24.3 Å². The molecular weight excluding hydrogens is 526 g/mol. The van der Waals surface area contributed by atoms with Crippen LogP contribution in [0.2, 0.25) is 0 Å². The highest BCUT2D eigenvalue weighted by molar-refractivity contribution is 5.92. The average Bonchev–Trinajstić information content (AvgIpc) is 2.97. The lowest BCUT2D eigenvalue weighted by Gasteiger charge is -2.10. The lowest BCUT2D eigenvalue weighted by molar-refractivity contribution is -0.385. The molecule has 3 rings (SSSR count). The highest BCUT2D eigenvalue weighted by Crippen LogP contribution is 2.33. The van der Waals surface area contributed by atoms with Gasteiger partial charge in [0.1, 0.15) is 11.5 Å². The van der Waals surface area contributed by atoms with Crippen molar-refractivity contribution >= 4 is 17.6 Å². The number of esters is 2. The summed E-state index contributed by atoms with van der Waals surface area (Å²) in [5.41, 5.74) is 1.65. The summed E-state index contributed by atoms with van der Waals surface area (Å²) in [4.78, 5) is 35.3. The zero-order chi connectivity index (χ0) is 29.6. The van der Waals surface area contributed by atoms with Gasteiger partial charge in [-0.15, -0.1) is 0 Å². The SMILES string of the molecule is C=C(C)C(=O)OCCCCOc1ccc(C(=O)Oc2ccc(-c3ccc(OCCCCC)cc3)cc2[N+](=O)[O-])cc1. The fourth-order valence-electron chi connectivity index (χ4n) is 3.74. The smallest absolute Gasteiger partial charge is 0.343 e. The number of hydrogen-bond donors (Lipinski definition) is 0. The van der Waals surface area contributed by atoms with Crippen LogP contribution in [0.3, 0.4) is 0 Å². The van der Waals surface area contributed by atoms with Gasteiger partial charge in [-0.2, -0.15) is 0 Å². The maximum absolute atomic E-state index is 12.7. The van der Waals surface area contributed by atoms with Crippen LogP contribution in [0.1, 0.15) is 56.3 Å². The summed E-state index contributed by atoms with van der Waals surface area (Å²) >= 11 is 0. The number of carbonyl (C=O) groups is 2. The molecule has 0 aliphatic rings. The molecule has 0 saturated carbocycles. The van der Waals surface area contributed by atoms with Crippen molar-refractivity contribution in [2.24, 2.45) is 0 Å². The van der Waals surface area contributed by atoms with Crippen molar-refractivity contribution in [3.63, 3.8) is 0 Å². The summed E-state index contributed by atoms with van der Waals surface area (Å²) in [5.74, 6) is 0.00280. The Hall–Kier alpha value is -4.66. The molecule has 0 aliphatic heterocycles. The Labute approximate surface area is 239 Å². The van der Waals surface area contributed by atoms with Crippen LogP contribution in [-0.4, -0.2) is 36.7 Å². The molecular formula is C32H35NO8. The van der Waals surface area contributed by atoms with E-state index in [9.17, 15) is 19.7 Å². The fourth-order valence-corrected chi connectivity index (χ4v) is 3.74. The molecule has 0 heterocycles. The summed E-state index contributed by atoms with van der Waals surface area (Å²) in [6, 6.07) is 18.1. The lowest BCUT2D eigenvalue weighted by Crippen LogP contribution is -2.10. The first-order chi connectivity index (χ1) is 19.8. The fraction of sp³-hybridized carbons (Fsp3) is 0.312. The second kappa shape index (κ2) is 15.8. The molecule has 0 atom stereocenters. The lowest BCUT2D eigenvalue weighted by atomic mass is 10.0. The van der Waals surface area contributed by atoms with E-state index in [0.717, 1.165) is 30.6 Å². The van der Waals surface area contributed by atoms with Crippen molar-refractivity contribution in [2.45, 2.75) is 46.0 Å². The summed E-state index contributed by atoms with van der Waals surface area (Å²) in [6.45, 7) is 8.58. The van der Waals surface area contributed by atoms with Crippen molar-refractivity contribution in [3.05, 3.63) is 94.6 Å². The van der Waals surface area contributed by atoms with Crippen LogP contribution < -0.4 is 14.2 Å². The third-order valence-corrected chi connectivity index (χ3v) is 6.04. The summed E-state index contributed by atoms with van der Waals surface area (Å²) < 4.78 is 21.8. The maximum Gasteiger partial charge on any atom is 0.343 e. The number of nitro benzene ring substituents is 1. The Morgan fingerprint density at radius 3 is 1.95 bits per heavy atom. The van der Waals surface area contributed by atoms with E-state index >= 15 is 0 Å². The highest BCUT2D eigenvalue weighted by Gasteiger charge is 2.20. The van der Waals surface area contributed by atoms with Gasteiger partial charge >= 0.3 is 17.6 Å². The van der Waals surface area contributed by atoms with Crippen molar-refractivity contribution in [1.29, 1.82) is 0 Å². The van der Waals surface area contributed by atoms with Crippen LogP contribution in [0.15, 0.2) is 78.9 Å². The molecule has 3 aromatic carbocycles. The molecule has 0 aliphatic carbocycles. The van der Waals surface area contributed by atoms with E-state index in [0.29, 0.717) is 42.9 Å². The van der Waals surface area contributed by atoms with Crippen molar-refractivity contribution in [1.82, 2.24) is 0 Å². The summed E-state index contributed by atoms with van der Waals surface area (Å²) in [6.07, 6.45) is 4.52. The van der Waals surface area contributed by atoms with E-state index in [4.69, 9.17) is 18.9 Å². The van der Waals surface area contributed by atoms with E-state index in [2.05, 4.69) is 13.5 Å². The van der Waals surface area contributed by atoms with Crippen molar-refractivity contribution < 1.29 is 33.5 Å². The number of nitro groups is 1. The molecule has 0 spiro atoms. The van der Waals surface area contributed by atoms with Crippen molar-refractivity contribution in [3.8, 4) is 28.4 Å². The first-order valence-electron chi connectivity index (χ1n) is 13.6. The molecule has 41 heavy (non-hydrogen) atoms. The van der Waals surface area contributed by atoms with E-state index < -0.39 is 16.9 Å². The monoisotopic (exact) mass is 561 g/mol. The zero-order valence-electron chi connectivity index (χ0n) is 23.4. The number of ether oxygens (including phenoxy) is 4. The predicted octanol–water partition coefficient (Wildman–Crippen LogP) is 7.33. The Morgan fingerprint density at radius 2 is 1.37 bits per heavy atom. The van der Waals surface area contributed by atoms with Gasteiger partial charge in [0.2, 0.25) is 5.75 Å². The first kappa shape index (κ1) is 30.9. The minimum Gasteiger partial charge on any atom is -0.494 e. The molecule has 0 saturated heterocycles. The minimum atomic E-state index is -0.726. The predicted molar refractivity (Wildman–Crippen MR) is 155 cm³/mol. The topological polar surface area (TPSA) is 114 Å². The number of rotatable bonds is 16. The largest absolute Gasteiger partial charge is 0.494 e. The van der Waals surface area contributed by atoms with E-state index in [1.165, 1.54) is 24.3 Å². The van der Waals surface area contributed by atoms with E-state index in [-0.39, 0.29) is 23.6 Å². The second-order valence-electron chi connectivity index (χ2n) is 9.41. The molecule has 0 fully saturated rings. The van der Waals surface area contributed by atoms with Gasteiger partial charge in [-0.3, -0.25) is 10.1 Å². The molecule has 9 nitrogen and oxygen atoms in total. The third kappa shape index (κ3) is 9.79. The molecule has 0 aromatic heterocycles. The van der Waals surface area contributed by atoms with E-state index in [1.54, 1.807) is 25.1 Å². The van der Waals surface area contributed by atoms with Gasteiger partial charge in [-0.25, -0.2) is 9.59 Å². The first-order valence-corrected chi connectivity index (χ1v) is 13.6. The Morgan fingerprint density at radius 1 is 0.805 bits per heavy atom. The molecule has 216 valence electrons. The third-order valence-electron chi connectivity index (χ3n) is 6.04. The Kier molecular flexibility index (Phi) is 11.9. The quantitative estimate of drug-likeness (QED) is 0.0446. The molecule has 0 N–H and O–H groups in total. The molecule has 0 amide bonds. The molecule has 0 bridgehead atoms. The van der Waals surface area contributed by atoms with Crippen molar-refractivity contribution in [2.75, 3.05) is 19.8 Å². The van der Waals surface area contributed by atoms with Crippen LogP contribution in [-0.2, 0) is 9.53 Å². The average molecular weight is 562 g/mol. The van der Waals surface area contributed by atoms with Crippen LogP contribution in [0.5, 0.6) is 17.2 Å². The Balaban J connectivity index is 1.55. The van der Waals surface area contributed by atoms with Gasteiger partial charge in [-0.1, -0.05) is 44.5 Å².